The lowest BCUT2D eigenvalue weighted by atomic mass is 10.0. The molecule has 1 heterocycles. The summed E-state index contributed by atoms with van der Waals surface area (Å²) < 4.78 is 27.9. The number of nitrogen functional groups attached to an aromatic ring is 1. The molecule has 0 aliphatic rings. The summed E-state index contributed by atoms with van der Waals surface area (Å²) in [4.78, 5) is 4.95. The summed E-state index contributed by atoms with van der Waals surface area (Å²) in [6, 6.07) is 28.7. The van der Waals surface area contributed by atoms with E-state index in [1.807, 2.05) is 66.9 Å². The van der Waals surface area contributed by atoms with Crippen molar-refractivity contribution in [3.63, 3.8) is 0 Å². The monoisotopic (exact) mass is 576 g/mol. The van der Waals surface area contributed by atoms with Crippen LogP contribution in [0.25, 0.3) is 22.4 Å². The highest BCUT2D eigenvalue weighted by Crippen LogP contribution is 2.31. The standard InChI is InChI=1S/C30H26Cl2N4O2S/c1-39(37,38)35-26-4-2-3-23(16-26)22-9-5-20(6-10-22)15-30-34-29(27-14-11-24(31)17-28(27)32)19-36(30)18-21-7-12-25(33)13-8-21/h2-14,16-17,19,35H,15,18,33H2,1H3. The Balaban J connectivity index is 1.44. The predicted molar refractivity (Wildman–Crippen MR) is 161 cm³/mol. The lowest BCUT2D eigenvalue weighted by Gasteiger charge is -2.10. The summed E-state index contributed by atoms with van der Waals surface area (Å²) in [7, 11) is -3.35. The van der Waals surface area contributed by atoms with Crippen molar-refractivity contribution >= 4 is 44.6 Å². The lowest BCUT2D eigenvalue weighted by Crippen LogP contribution is -2.09. The zero-order valence-corrected chi connectivity index (χ0v) is 23.4. The lowest BCUT2D eigenvalue weighted by molar-refractivity contribution is 0.607. The quantitative estimate of drug-likeness (QED) is 0.192. The van der Waals surface area contributed by atoms with Crippen molar-refractivity contribution in [2.75, 3.05) is 16.7 Å². The third kappa shape index (κ3) is 6.81. The Morgan fingerprint density at radius 3 is 2.28 bits per heavy atom. The van der Waals surface area contributed by atoms with Gasteiger partial charge in [-0.25, -0.2) is 13.4 Å². The molecule has 4 aromatic carbocycles. The van der Waals surface area contributed by atoms with E-state index in [4.69, 9.17) is 33.9 Å². The van der Waals surface area contributed by atoms with E-state index < -0.39 is 10.0 Å². The highest BCUT2D eigenvalue weighted by Gasteiger charge is 2.14. The van der Waals surface area contributed by atoms with Crippen LogP contribution in [0, 0.1) is 0 Å². The fourth-order valence-corrected chi connectivity index (χ4v) is 5.41. The van der Waals surface area contributed by atoms with Gasteiger partial charge in [-0.05, 0) is 64.7 Å². The number of hydrogen-bond donors (Lipinski definition) is 2. The van der Waals surface area contributed by atoms with Gasteiger partial charge in [0.2, 0.25) is 10.0 Å². The number of hydrogen-bond acceptors (Lipinski definition) is 4. The Labute approximate surface area is 238 Å². The Morgan fingerprint density at radius 1 is 0.872 bits per heavy atom. The molecule has 0 bridgehead atoms. The van der Waals surface area contributed by atoms with Gasteiger partial charge in [0.1, 0.15) is 5.82 Å². The molecule has 0 radical (unpaired) electrons. The van der Waals surface area contributed by atoms with Gasteiger partial charge in [-0.3, -0.25) is 4.72 Å². The molecule has 5 rings (SSSR count). The van der Waals surface area contributed by atoms with Crippen LogP contribution in [0.15, 0.2) is 97.2 Å². The van der Waals surface area contributed by atoms with Gasteiger partial charge in [0.15, 0.2) is 0 Å². The highest BCUT2D eigenvalue weighted by molar-refractivity contribution is 7.92. The fourth-order valence-electron chi connectivity index (χ4n) is 4.35. The van der Waals surface area contributed by atoms with E-state index in [1.54, 1.807) is 18.2 Å². The molecule has 0 amide bonds. The highest BCUT2D eigenvalue weighted by atomic mass is 35.5. The van der Waals surface area contributed by atoms with Crippen molar-refractivity contribution in [1.29, 1.82) is 0 Å². The van der Waals surface area contributed by atoms with Crippen LogP contribution in [-0.4, -0.2) is 24.2 Å². The molecule has 39 heavy (non-hydrogen) atoms. The number of nitrogens with one attached hydrogen (secondary N) is 1. The first-order chi connectivity index (χ1) is 18.6. The average Bonchev–Trinajstić information content (AvgIpc) is 3.26. The third-order valence-electron chi connectivity index (χ3n) is 6.21. The number of nitrogens with zero attached hydrogens (tertiary/aromatic N) is 2. The summed E-state index contributed by atoms with van der Waals surface area (Å²) in [6.45, 7) is 0.631. The van der Waals surface area contributed by atoms with Crippen LogP contribution < -0.4 is 10.5 Å². The van der Waals surface area contributed by atoms with Crippen LogP contribution in [0.2, 0.25) is 10.0 Å². The first-order valence-corrected chi connectivity index (χ1v) is 14.8. The van der Waals surface area contributed by atoms with E-state index in [1.165, 1.54) is 0 Å². The smallest absolute Gasteiger partial charge is 0.229 e. The fraction of sp³-hybridized carbons (Fsp3) is 0.100. The molecule has 9 heteroatoms. The molecule has 0 spiro atoms. The predicted octanol–water partition coefficient (Wildman–Crippen LogP) is 7.12. The zero-order chi connectivity index (χ0) is 27.6. The molecule has 198 valence electrons. The Morgan fingerprint density at radius 2 is 1.59 bits per heavy atom. The second kappa shape index (κ2) is 11.1. The molecule has 0 unspecified atom stereocenters. The molecule has 0 atom stereocenters. The molecule has 0 fully saturated rings. The van der Waals surface area contributed by atoms with Crippen molar-refractivity contribution in [3.05, 3.63) is 124 Å². The van der Waals surface area contributed by atoms with Gasteiger partial charge in [0.05, 0.1) is 17.0 Å². The van der Waals surface area contributed by atoms with Gasteiger partial charge in [-0.1, -0.05) is 71.7 Å². The second-order valence-corrected chi connectivity index (χ2v) is 12.0. The molecule has 0 aliphatic carbocycles. The molecule has 0 saturated heterocycles. The van der Waals surface area contributed by atoms with E-state index in [0.29, 0.717) is 28.7 Å². The van der Waals surface area contributed by atoms with E-state index in [9.17, 15) is 8.42 Å². The van der Waals surface area contributed by atoms with E-state index in [2.05, 4.69) is 21.4 Å². The number of anilines is 2. The first kappa shape index (κ1) is 26.8. The number of benzene rings is 4. The van der Waals surface area contributed by atoms with Crippen LogP contribution in [0.4, 0.5) is 11.4 Å². The topological polar surface area (TPSA) is 90.0 Å². The molecule has 3 N–H and O–H groups in total. The van der Waals surface area contributed by atoms with Crippen LogP contribution in [0.3, 0.4) is 0 Å². The number of rotatable bonds is 8. The summed E-state index contributed by atoms with van der Waals surface area (Å²) >= 11 is 12.6. The summed E-state index contributed by atoms with van der Waals surface area (Å²) in [5, 5.41) is 1.12. The van der Waals surface area contributed by atoms with Crippen molar-refractivity contribution < 1.29 is 8.42 Å². The summed E-state index contributed by atoms with van der Waals surface area (Å²) in [5.74, 6) is 0.889. The van der Waals surface area contributed by atoms with E-state index in [-0.39, 0.29) is 0 Å². The summed E-state index contributed by atoms with van der Waals surface area (Å²) in [5.41, 5.74) is 12.8. The number of halogens is 2. The zero-order valence-electron chi connectivity index (χ0n) is 21.1. The Kier molecular flexibility index (Phi) is 7.66. The maximum Gasteiger partial charge on any atom is 0.229 e. The van der Waals surface area contributed by atoms with Crippen LogP contribution >= 0.6 is 23.2 Å². The normalized spacial score (nSPS) is 11.5. The van der Waals surface area contributed by atoms with Crippen LogP contribution in [-0.2, 0) is 23.0 Å². The number of aromatic nitrogens is 2. The third-order valence-corrected chi connectivity index (χ3v) is 7.37. The van der Waals surface area contributed by atoms with Gasteiger partial charge in [0.25, 0.3) is 0 Å². The molecule has 5 aromatic rings. The SMILES string of the molecule is CS(=O)(=O)Nc1cccc(-c2ccc(Cc3nc(-c4ccc(Cl)cc4Cl)cn3Cc3ccc(N)cc3)cc2)c1. The minimum absolute atomic E-state index is 0.525. The van der Waals surface area contributed by atoms with E-state index in [0.717, 1.165) is 51.3 Å². The van der Waals surface area contributed by atoms with Gasteiger partial charge in [-0.15, -0.1) is 0 Å². The first-order valence-electron chi connectivity index (χ1n) is 12.2. The maximum absolute atomic E-state index is 11.6. The van der Waals surface area contributed by atoms with Crippen molar-refractivity contribution in [2.45, 2.75) is 13.0 Å². The van der Waals surface area contributed by atoms with Gasteiger partial charge < -0.3 is 10.3 Å². The minimum Gasteiger partial charge on any atom is -0.399 e. The van der Waals surface area contributed by atoms with Crippen molar-refractivity contribution in [2.24, 2.45) is 0 Å². The second-order valence-electron chi connectivity index (χ2n) is 9.36. The average molecular weight is 578 g/mol. The molecular formula is C30H26Cl2N4O2S. The van der Waals surface area contributed by atoms with Crippen LogP contribution in [0.5, 0.6) is 0 Å². The molecule has 0 aliphatic heterocycles. The van der Waals surface area contributed by atoms with Gasteiger partial charge in [0, 0.05) is 41.1 Å². The molecule has 6 nitrogen and oxygen atoms in total. The number of nitrogens with two attached hydrogens (primary N) is 1. The van der Waals surface area contributed by atoms with E-state index >= 15 is 0 Å². The van der Waals surface area contributed by atoms with Gasteiger partial charge >= 0.3 is 0 Å². The molecule has 1 aromatic heterocycles. The Bertz CT molecular complexity index is 1730. The summed E-state index contributed by atoms with van der Waals surface area (Å²) in [6.07, 6.45) is 3.75. The van der Waals surface area contributed by atoms with Crippen molar-refractivity contribution in [1.82, 2.24) is 9.55 Å². The number of imidazole rings is 1. The van der Waals surface area contributed by atoms with Crippen molar-refractivity contribution in [3.8, 4) is 22.4 Å². The van der Waals surface area contributed by atoms with Gasteiger partial charge in [-0.2, -0.15) is 0 Å². The minimum atomic E-state index is -3.35. The molecular weight excluding hydrogens is 551 g/mol. The largest absolute Gasteiger partial charge is 0.399 e. The Hall–Kier alpha value is -3.78. The van der Waals surface area contributed by atoms with Crippen LogP contribution in [0.1, 0.15) is 17.0 Å². The molecule has 0 saturated carbocycles. The number of sulfonamides is 1. The maximum atomic E-state index is 11.6.